The number of Topliss-reactive ketones (excluding diaryl/α,β-unsaturated/α-hetero) is 1. The van der Waals surface area contributed by atoms with Crippen molar-refractivity contribution in [1.82, 2.24) is 0 Å². The van der Waals surface area contributed by atoms with E-state index in [1.807, 2.05) is 0 Å². The highest BCUT2D eigenvalue weighted by molar-refractivity contribution is 6.52. The van der Waals surface area contributed by atoms with Crippen LogP contribution < -0.4 is 4.90 Å². The van der Waals surface area contributed by atoms with Gasteiger partial charge in [-0.05, 0) is 12.1 Å². The molecule has 0 spiro atoms. The lowest BCUT2D eigenvalue weighted by molar-refractivity contribution is -0.114. The van der Waals surface area contributed by atoms with Gasteiger partial charge in [-0.25, -0.2) is 0 Å². The largest absolute Gasteiger partial charge is 0.508 e. The number of benzene rings is 1. The summed E-state index contributed by atoms with van der Waals surface area (Å²) in [7, 11) is 0. The molecular formula is C10H9NO4. The van der Waals surface area contributed by atoms with E-state index < -0.39 is 11.7 Å². The molecule has 0 atom stereocenters. The molecule has 2 rings (SSSR count). The van der Waals surface area contributed by atoms with Gasteiger partial charge in [0.15, 0.2) is 0 Å². The SMILES string of the molecule is O=C1C(=O)N(CCO)c2cc(O)ccc21. The first kappa shape index (κ1) is 9.67. The number of carbonyl (C=O) groups is 2. The van der Waals surface area contributed by atoms with Crippen LogP contribution in [0.15, 0.2) is 18.2 Å². The molecule has 1 aromatic rings. The number of anilines is 1. The minimum absolute atomic E-state index is 0.0146. The van der Waals surface area contributed by atoms with Crippen molar-refractivity contribution in [2.24, 2.45) is 0 Å². The molecule has 0 aromatic heterocycles. The Hall–Kier alpha value is -1.88. The van der Waals surface area contributed by atoms with E-state index in [1.54, 1.807) is 0 Å². The van der Waals surface area contributed by atoms with Crippen LogP contribution in [0, 0.1) is 0 Å². The Bertz CT molecular complexity index is 441. The fourth-order valence-corrected chi connectivity index (χ4v) is 1.60. The van der Waals surface area contributed by atoms with Crippen LogP contribution in [-0.2, 0) is 4.79 Å². The molecule has 5 nitrogen and oxygen atoms in total. The number of ketones is 1. The Balaban J connectivity index is 2.51. The monoisotopic (exact) mass is 207 g/mol. The quantitative estimate of drug-likeness (QED) is 0.664. The third-order valence-corrected chi connectivity index (χ3v) is 2.28. The average molecular weight is 207 g/mol. The summed E-state index contributed by atoms with van der Waals surface area (Å²) in [5, 5.41) is 18.0. The zero-order valence-electron chi connectivity index (χ0n) is 7.80. The third-order valence-electron chi connectivity index (χ3n) is 2.28. The van der Waals surface area contributed by atoms with Gasteiger partial charge < -0.3 is 15.1 Å². The molecule has 0 fully saturated rings. The summed E-state index contributed by atoms with van der Waals surface area (Å²) in [5.41, 5.74) is 0.630. The van der Waals surface area contributed by atoms with Gasteiger partial charge in [0.1, 0.15) is 5.75 Å². The smallest absolute Gasteiger partial charge is 0.299 e. The minimum atomic E-state index is -0.662. The first-order valence-corrected chi connectivity index (χ1v) is 4.45. The summed E-state index contributed by atoms with van der Waals surface area (Å²) >= 11 is 0. The number of fused-ring (bicyclic) bond motifs is 1. The molecule has 15 heavy (non-hydrogen) atoms. The van der Waals surface area contributed by atoms with Crippen LogP contribution in [0.2, 0.25) is 0 Å². The maximum Gasteiger partial charge on any atom is 0.299 e. The Morgan fingerprint density at radius 2 is 2.00 bits per heavy atom. The molecule has 1 heterocycles. The summed E-state index contributed by atoms with van der Waals surface area (Å²) in [4.78, 5) is 24.0. The molecule has 78 valence electrons. The van der Waals surface area contributed by atoms with Gasteiger partial charge in [-0.15, -0.1) is 0 Å². The molecular weight excluding hydrogens is 198 g/mol. The van der Waals surface area contributed by atoms with E-state index in [0.29, 0.717) is 5.69 Å². The molecule has 0 saturated heterocycles. The van der Waals surface area contributed by atoms with Gasteiger partial charge in [-0.2, -0.15) is 0 Å². The van der Waals surface area contributed by atoms with E-state index in [0.717, 1.165) is 4.90 Å². The van der Waals surface area contributed by atoms with E-state index >= 15 is 0 Å². The van der Waals surface area contributed by atoms with Crippen LogP contribution in [0.5, 0.6) is 5.75 Å². The number of aliphatic hydroxyl groups is 1. The second-order valence-corrected chi connectivity index (χ2v) is 3.21. The number of nitrogens with zero attached hydrogens (tertiary/aromatic N) is 1. The first-order chi connectivity index (χ1) is 7.15. The standard InChI is InChI=1S/C10H9NO4/c12-4-3-11-8-5-6(13)1-2-7(8)9(14)10(11)15/h1-2,5,12-13H,3-4H2. The number of aromatic hydroxyl groups is 1. The second-order valence-electron chi connectivity index (χ2n) is 3.21. The van der Waals surface area contributed by atoms with Crippen molar-refractivity contribution < 1.29 is 19.8 Å². The Morgan fingerprint density at radius 3 is 2.67 bits per heavy atom. The number of amides is 1. The minimum Gasteiger partial charge on any atom is -0.508 e. The van der Waals surface area contributed by atoms with Crippen LogP contribution in [-0.4, -0.2) is 35.1 Å². The number of β-amino-alcohol motifs (C(OH)–C–C–N with tert-alkyl or cyclic N) is 1. The van der Waals surface area contributed by atoms with Gasteiger partial charge in [-0.1, -0.05) is 0 Å². The van der Waals surface area contributed by atoms with Crippen molar-refractivity contribution >= 4 is 17.4 Å². The van der Waals surface area contributed by atoms with Crippen LogP contribution >= 0.6 is 0 Å². The first-order valence-electron chi connectivity index (χ1n) is 4.45. The average Bonchev–Trinajstić information content (AvgIpc) is 2.44. The topological polar surface area (TPSA) is 77.8 Å². The summed E-state index contributed by atoms with van der Waals surface area (Å²) in [6.45, 7) is -0.171. The van der Waals surface area contributed by atoms with Crippen molar-refractivity contribution in [2.45, 2.75) is 0 Å². The maximum absolute atomic E-state index is 11.4. The predicted molar refractivity (Wildman–Crippen MR) is 51.9 cm³/mol. The Morgan fingerprint density at radius 1 is 1.27 bits per heavy atom. The lowest BCUT2D eigenvalue weighted by atomic mass is 10.1. The molecule has 5 heteroatoms. The van der Waals surface area contributed by atoms with Gasteiger partial charge in [-0.3, -0.25) is 9.59 Å². The molecule has 0 saturated carbocycles. The number of aliphatic hydroxyl groups excluding tert-OH is 1. The van der Waals surface area contributed by atoms with E-state index in [4.69, 9.17) is 5.11 Å². The zero-order valence-corrected chi connectivity index (χ0v) is 7.80. The van der Waals surface area contributed by atoms with Crippen molar-refractivity contribution in [2.75, 3.05) is 18.1 Å². The van der Waals surface area contributed by atoms with Crippen molar-refractivity contribution in [3.05, 3.63) is 23.8 Å². The Labute approximate surface area is 85.6 Å². The van der Waals surface area contributed by atoms with E-state index in [2.05, 4.69) is 0 Å². The van der Waals surface area contributed by atoms with Gasteiger partial charge in [0.05, 0.1) is 17.9 Å². The number of hydrogen-bond donors (Lipinski definition) is 2. The van der Waals surface area contributed by atoms with Gasteiger partial charge >= 0.3 is 0 Å². The van der Waals surface area contributed by atoms with Crippen molar-refractivity contribution in [3.8, 4) is 5.75 Å². The van der Waals surface area contributed by atoms with E-state index in [1.165, 1.54) is 18.2 Å². The van der Waals surface area contributed by atoms with Gasteiger partial charge in [0.25, 0.3) is 11.7 Å². The fourth-order valence-electron chi connectivity index (χ4n) is 1.60. The normalized spacial score (nSPS) is 14.6. The number of phenolic OH excluding ortho intramolecular Hbond substituents is 1. The maximum atomic E-state index is 11.4. The van der Waals surface area contributed by atoms with Crippen LogP contribution in [0.1, 0.15) is 10.4 Å². The van der Waals surface area contributed by atoms with Crippen LogP contribution in [0.4, 0.5) is 5.69 Å². The lowest BCUT2D eigenvalue weighted by Gasteiger charge is -2.14. The second kappa shape index (κ2) is 3.36. The zero-order chi connectivity index (χ0) is 11.0. The number of rotatable bonds is 2. The molecule has 1 amide bonds. The molecule has 1 aliphatic heterocycles. The summed E-state index contributed by atoms with van der Waals surface area (Å²) in [6, 6.07) is 4.10. The number of phenols is 1. The molecule has 1 aromatic carbocycles. The van der Waals surface area contributed by atoms with Crippen molar-refractivity contribution in [1.29, 1.82) is 0 Å². The predicted octanol–water partition coefficient (Wildman–Crippen LogP) is -0.0862. The van der Waals surface area contributed by atoms with E-state index in [-0.39, 0.29) is 24.5 Å². The Kier molecular flexibility index (Phi) is 2.17. The van der Waals surface area contributed by atoms with Crippen LogP contribution in [0.3, 0.4) is 0 Å². The van der Waals surface area contributed by atoms with E-state index in [9.17, 15) is 14.7 Å². The molecule has 0 bridgehead atoms. The molecule has 0 radical (unpaired) electrons. The summed E-state index contributed by atoms with van der Waals surface area (Å²) in [5.74, 6) is -1.28. The van der Waals surface area contributed by atoms with Crippen molar-refractivity contribution in [3.63, 3.8) is 0 Å². The van der Waals surface area contributed by atoms with Gasteiger partial charge in [0.2, 0.25) is 0 Å². The summed E-state index contributed by atoms with van der Waals surface area (Å²) in [6.07, 6.45) is 0. The molecule has 0 unspecified atom stereocenters. The summed E-state index contributed by atoms with van der Waals surface area (Å²) < 4.78 is 0. The highest BCUT2D eigenvalue weighted by atomic mass is 16.3. The third kappa shape index (κ3) is 1.37. The number of hydrogen-bond acceptors (Lipinski definition) is 4. The highest BCUT2D eigenvalue weighted by Crippen LogP contribution is 2.31. The van der Waals surface area contributed by atoms with Gasteiger partial charge in [0, 0.05) is 12.6 Å². The fraction of sp³-hybridized carbons (Fsp3) is 0.200. The molecule has 0 aliphatic carbocycles. The molecule has 2 N–H and O–H groups in total. The highest BCUT2D eigenvalue weighted by Gasteiger charge is 2.35. The lowest BCUT2D eigenvalue weighted by Crippen LogP contribution is -2.32. The van der Waals surface area contributed by atoms with Crippen LogP contribution in [0.25, 0.3) is 0 Å². The molecule has 1 aliphatic rings. The number of carbonyl (C=O) groups excluding carboxylic acids is 2.